The van der Waals surface area contributed by atoms with E-state index in [-0.39, 0.29) is 11.7 Å². The van der Waals surface area contributed by atoms with E-state index in [2.05, 4.69) is 5.32 Å². The van der Waals surface area contributed by atoms with Crippen molar-refractivity contribution in [3.8, 4) is 0 Å². The predicted molar refractivity (Wildman–Crippen MR) is 77.3 cm³/mol. The molecule has 3 nitrogen and oxygen atoms in total. The SMILES string of the molecule is Cc1cscc1C(=O)NC(C)C(O)c1ccc(F)cc1. The van der Waals surface area contributed by atoms with Crippen molar-refractivity contribution in [3.05, 3.63) is 57.5 Å². The topological polar surface area (TPSA) is 49.3 Å². The largest absolute Gasteiger partial charge is 0.386 e. The fourth-order valence-electron chi connectivity index (χ4n) is 1.91. The number of hydrogen-bond donors (Lipinski definition) is 2. The standard InChI is InChI=1S/C15H16FNO2S/c1-9-7-20-8-13(9)15(19)17-10(2)14(18)11-3-5-12(16)6-4-11/h3-8,10,14,18H,1-2H3,(H,17,19). The molecular weight excluding hydrogens is 277 g/mol. The van der Waals surface area contributed by atoms with Crippen molar-refractivity contribution >= 4 is 17.2 Å². The molecule has 1 aromatic heterocycles. The van der Waals surface area contributed by atoms with Gasteiger partial charge < -0.3 is 10.4 Å². The molecule has 20 heavy (non-hydrogen) atoms. The Kier molecular flexibility index (Phi) is 4.52. The minimum absolute atomic E-state index is 0.211. The number of nitrogens with one attached hydrogen (secondary N) is 1. The predicted octanol–water partition coefficient (Wildman–Crippen LogP) is 3.05. The molecule has 2 rings (SSSR count). The summed E-state index contributed by atoms with van der Waals surface area (Å²) in [5, 5.41) is 16.6. The number of aryl methyl sites for hydroxylation is 1. The molecule has 1 aromatic carbocycles. The summed E-state index contributed by atoms with van der Waals surface area (Å²) < 4.78 is 12.8. The van der Waals surface area contributed by atoms with Gasteiger partial charge in [-0.15, -0.1) is 0 Å². The number of amides is 1. The average Bonchev–Trinajstić information content (AvgIpc) is 2.85. The van der Waals surface area contributed by atoms with Gasteiger partial charge in [0.05, 0.1) is 17.7 Å². The van der Waals surface area contributed by atoms with Crippen molar-refractivity contribution in [2.75, 3.05) is 0 Å². The molecular formula is C15H16FNO2S. The number of aliphatic hydroxyl groups is 1. The molecule has 2 aromatic rings. The molecule has 2 unspecified atom stereocenters. The lowest BCUT2D eigenvalue weighted by molar-refractivity contribution is 0.0852. The maximum Gasteiger partial charge on any atom is 0.252 e. The molecule has 106 valence electrons. The highest BCUT2D eigenvalue weighted by Crippen LogP contribution is 2.19. The Bertz CT molecular complexity index is 594. The first-order valence-electron chi connectivity index (χ1n) is 6.26. The summed E-state index contributed by atoms with van der Waals surface area (Å²) in [5.74, 6) is -0.566. The molecule has 0 fully saturated rings. The summed E-state index contributed by atoms with van der Waals surface area (Å²) in [7, 11) is 0. The molecule has 0 radical (unpaired) electrons. The quantitative estimate of drug-likeness (QED) is 0.910. The molecule has 0 spiro atoms. The van der Waals surface area contributed by atoms with Gasteiger partial charge in [0, 0.05) is 5.38 Å². The van der Waals surface area contributed by atoms with Crippen molar-refractivity contribution in [2.24, 2.45) is 0 Å². The van der Waals surface area contributed by atoms with Gasteiger partial charge in [0.15, 0.2) is 0 Å². The highest BCUT2D eigenvalue weighted by molar-refractivity contribution is 7.08. The van der Waals surface area contributed by atoms with Crippen molar-refractivity contribution in [3.63, 3.8) is 0 Å². The third-order valence-corrected chi connectivity index (χ3v) is 4.01. The maximum absolute atomic E-state index is 12.8. The number of hydrogen-bond acceptors (Lipinski definition) is 3. The molecule has 0 aliphatic rings. The maximum atomic E-state index is 12.8. The van der Waals surface area contributed by atoms with Crippen LogP contribution in [0.1, 0.15) is 34.5 Å². The normalized spacial score (nSPS) is 13.8. The van der Waals surface area contributed by atoms with Crippen molar-refractivity contribution in [1.29, 1.82) is 0 Å². The Hall–Kier alpha value is -1.72. The Balaban J connectivity index is 2.04. The Morgan fingerprint density at radius 1 is 1.30 bits per heavy atom. The minimum Gasteiger partial charge on any atom is -0.386 e. The van der Waals surface area contributed by atoms with Crippen LogP contribution in [0.3, 0.4) is 0 Å². The zero-order chi connectivity index (χ0) is 14.7. The first kappa shape index (κ1) is 14.7. The van der Waals surface area contributed by atoms with E-state index >= 15 is 0 Å². The van der Waals surface area contributed by atoms with E-state index in [9.17, 15) is 14.3 Å². The number of rotatable bonds is 4. The van der Waals surface area contributed by atoms with Crippen molar-refractivity contribution < 1.29 is 14.3 Å². The monoisotopic (exact) mass is 293 g/mol. The molecule has 1 amide bonds. The van der Waals surface area contributed by atoms with E-state index in [4.69, 9.17) is 0 Å². The summed E-state index contributed by atoms with van der Waals surface area (Å²) in [6.07, 6.45) is -0.876. The van der Waals surface area contributed by atoms with E-state index in [1.807, 2.05) is 12.3 Å². The van der Waals surface area contributed by atoms with Gasteiger partial charge in [0.1, 0.15) is 5.82 Å². The molecule has 5 heteroatoms. The van der Waals surface area contributed by atoms with E-state index < -0.39 is 12.1 Å². The second-order valence-corrected chi connectivity index (χ2v) is 5.47. The number of carbonyl (C=O) groups is 1. The molecule has 0 saturated heterocycles. The summed E-state index contributed by atoms with van der Waals surface area (Å²) >= 11 is 1.46. The zero-order valence-electron chi connectivity index (χ0n) is 11.3. The molecule has 0 aliphatic carbocycles. The summed E-state index contributed by atoms with van der Waals surface area (Å²) in [5.41, 5.74) is 2.10. The number of halogens is 1. The van der Waals surface area contributed by atoms with Crippen LogP contribution in [0.2, 0.25) is 0 Å². The molecule has 0 aliphatic heterocycles. The average molecular weight is 293 g/mol. The van der Waals surface area contributed by atoms with Crippen LogP contribution in [-0.2, 0) is 0 Å². The van der Waals surface area contributed by atoms with Crippen LogP contribution in [0.4, 0.5) is 4.39 Å². The van der Waals surface area contributed by atoms with Crippen LogP contribution < -0.4 is 5.32 Å². The van der Waals surface area contributed by atoms with Gasteiger partial charge in [0.2, 0.25) is 0 Å². The molecule has 2 N–H and O–H groups in total. The van der Waals surface area contributed by atoms with Gasteiger partial charge in [0.25, 0.3) is 5.91 Å². The Morgan fingerprint density at radius 3 is 2.50 bits per heavy atom. The fourth-order valence-corrected chi connectivity index (χ4v) is 2.73. The smallest absolute Gasteiger partial charge is 0.252 e. The Morgan fingerprint density at radius 2 is 1.95 bits per heavy atom. The third-order valence-electron chi connectivity index (χ3n) is 3.14. The van der Waals surface area contributed by atoms with Crippen LogP contribution in [0, 0.1) is 12.7 Å². The second-order valence-electron chi connectivity index (χ2n) is 4.73. The van der Waals surface area contributed by atoms with Gasteiger partial charge >= 0.3 is 0 Å². The second kappa shape index (κ2) is 6.15. The van der Waals surface area contributed by atoms with Crippen LogP contribution in [0.15, 0.2) is 35.0 Å². The molecule has 0 bridgehead atoms. The summed E-state index contributed by atoms with van der Waals surface area (Å²) in [4.78, 5) is 12.1. The first-order valence-corrected chi connectivity index (χ1v) is 7.20. The van der Waals surface area contributed by atoms with E-state index in [0.29, 0.717) is 11.1 Å². The van der Waals surface area contributed by atoms with E-state index in [0.717, 1.165) is 5.56 Å². The highest BCUT2D eigenvalue weighted by atomic mass is 32.1. The lowest BCUT2D eigenvalue weighted by atomic mass is 10.0. The van der Waals surface area contributed by atoms with Gasteiger partial charge in [-0.2, -0.15) is 11.3 Å². The van der Waals surface area contributed by atoms with Gasteiger partial charge in [-0.05, 0) is 42.5 Å². The first-order chi connectivity index (χ1) is 9.49. The number of carbonyl (C=O) groups excluding carboxylic acids is 1. The highest BCUT2D eigenvalue weighted by Gasteiger charge is 2.20. The van der Waals surface area contributed by atoms with E-state index in [1.165, 1.54) is 35.6 Å². The summed E-state index contributed by atoms with van der Waals surface area (Å²) in [6.45, 7) is 3.58. The molecule has 1 heterocycles. The van der Waals surface area contributed by atoms with Crippen LogP contribution in [0.25, 0.3) is 0 Å². The zero-order valence-corrected chi connectivity index (χ0v) is 12.1. The molecule has 0 saturated carbocycles. The minimum atomic E-state index is -0.876. The number of thiophene rings is 1. The van der Waals surface area contributed by atoms with Crippen LogP contribution in [-0.4, -0.2) is 17.1 Å². The van der Waals surface area contributed by atoms with E-state index in [1.54, 1.807) is 12.3 Å². The summed E-state index contributed by atoms with van der Waals surface area (Å²) in [6, 6.07) is 5.13. The third kappa shape index (κ3) is 3.23. The number of aliphatic hydroxyl groups excluding tert-OH is 1. The van der Waals surface area contributed by atoms with Gasteiger partial charge in [-0.3, -0.25) is 4.79 Å². The van der Waals surface area contributed by atoms with Gasteiger partial charge in [-0.1, -0.05) is 12.1 Å². The lowest BCUT2D eigenvalue weighted by Crippen LogP contribution is -2.37. The van der Waals surface area contributed by atoms with Crippen LogP contribution in [0.5, 0.6) is 0 Å². The molecule has 2 atom stereocenters. The van der Waals surface area contributed by atoms with Crippen LogP contribution >= 0.6 is 11.3 Å². The van der Waals surface area contributed by atoms with Gasteiger partial charge in [-0.25, -0.2) is 4.39 Å². The lowest BCUT2D eigenvalue weighted by Gasteiger charge is -2.20. The Labute approximate surface area is 121 Å². The van der Waals surface area contributed by atoms with Crippen molar-refractivity contribution in [2.45, 2.75) is 26.0 Å². The van der Waals surface area contributed by atoms with Crippen molar-refractivity contribution in [1.82, 2.24) is 5.32 Å². The fraction of sp³-hybridized carbons (Fsp3) is 0.267. The number of benzene rings is 1.